The van der Waals surface area contributed by atoms with Crippen LogP contribution in [0.3, 0.4) is 0 Å². The van der Waals surface area contributed by atoms with Crippen molar-refractivity contribution in [2.45, 2.75) is 19.3 Å². The standard InChI is InChI=1S/C12H12S/c1-2-4-11(5-3-1)6-7-12-8-9-13-10-12/h2,4,8-11H,1,3,5H2. The van der Waals surface area contributed by atoms with Gasteiger partial charge in [0.05, 0.1) is 0 Å². The summed E-state index contributed by atoms with van der Waals surface area (Å²) in [5.41, 5.74) is 1.16. The van der Waals surface area contributed by atoms with Crippen LogP contribution in [0.4, 0.5) is 0 Å². The zero-order valence-corrected chi connectivity index (χ0v) is 8.31. The molecule has 0 nitrogen and oxygen atoms in total. The van der Waals surface area contributed by atoms with Crippen LogP contribution in [0.25, 0.3) is 0 Å². The molecule has 1 aromatic heterocycles. The molecule has 2 rings (SSSR count). The van der Waals surface area contributed by atoms with E-state index in [2.05, 4.69) is 40.8 Å². The van der Waals surface area contributed by atoms with Crippen molar-refractivity contribution in [1.82, 2.24) is 0 Å². The van der Waals surface area contributed by atoms with Crippen LogP contribution < -0.4 is 0 Å². The summed E-state index contributed by atoms with van der Waals surface area (Å²) in [4.78, 5) is 0. The molecular formula is C12H12S. The Labute approximate surface area is 83.3 Å². The molecule has 1 unspecified atom stereocenters. The van der Waals surface area contributed by atoms with E-state index in [-0.39, 0.29) is 0 Å². The first-order valence-corrected chi connectivity index (χ1v) is 5.60. The van der Waals surface area contributed by atoms with Crippen LogP contribution in [-0.4, -0.2) is 0 Å². The maximum atomic E-state index is 3.29. The third-order valence-corrected chi connectivity index (χ3v) is 2.86. The highest BCUT2D eigenvalue weighted by Crippen LogP contribution is 2.16. The van der Waals surface area contributed by atoms with Crippen molar-refractivity contribution in [3.63, 3.8) is 0 Å². The molecule has 1 atom stereocenters. The lowest BCUT2D eigenvalue weighted by Crippen LogP contribution is -1.96. The molecule has 1 aromatic rings. The first kappa shape index (κ1) is 8.59. The third-order valence-electron chi connectivity index (χ3n) is 2.18. The first-order valence-electron chi connectivity index (χ1n) is 4.65. The highest BCUT2D eigenvalue weighted by atomic mass is 32.1. The summed E-state index contributed by atoms with van der Waals surface area (Å²) in [5, 5.41) is 4.17. The molecule has 0 saturated carbocycles. The quantitative estimate of drug-likeness (QED) is 0.432. The highest BCUT2D eigenvalue weighted by molar-refractivity contribution is 7.08. The smallest absolute Gasteiger partial charge is 0.0386 e. The second-order valence-electron chi connectivity index (χ2n) is 3.25. The van der Waals surface area contributed by atoms with Gasteiger partial charge in [-0.3, -0.25) is 0 Å². The monoisotopic (exact) mass is 188 g/mol. The van der Waals surface area contributed by atoms with Crippen molar-refractivity contribution in [3.8, 4) is 11.8 Å². The van der Waals surface area contributed by atoms with Crippen molar-refractivity contribution in [3.05, 3.63) is 34.5 Å². The van der Waals surface area contributed by atoms with E-state index >= 15 is 0 Å². The van der Waals surface area contributed by atoms with Crippen molar-refractivity contribution in [1.29, 1.82) is 0 Å². The van der Waals surface area contributed by atoms with Crippen LogP contribution in [-0.2, 0) is 0 Å². The molecule has 0 spiro atoms. The van der Waals surface area contributed by atoms with Gasteiger partial charge in [-0.25, -0.2) is 0 Å². The summed E-state index contributed by atoms with van der Waals surface area (Å²) >= 11 is 1.71. The normalized spacial score (nSPS) is 20.8. The van der Waals surface area contributed by atoms with Gasteiger partial charge >= 0.3 is 0 Å². The van der Waals surface area contributed by atoms with E-state index in [9.17, 15) is 0 Å². The molecule has 0 aromatic carbocycles. The van der Waals surface area contributed by atoms with Gasteiger partial charge in [0.2, 0.25) is 0 Å². The predicted octanol–water partition coefficient (Wildman–Crippen LogP) is 3.46. The van der Waals surface area contributed by atoms with Gasteiger partial charge in [0.15, 0.2) is 0 Å². The number of rotatable bonds is 0. The number of allylic oxidation sites excluding steroid dienone is 2. The third kappa shape index (κ3) is 2.47. The second kappa shape index (κ2) is 4.30. The average Bonchev–Trinajstić information content (AvgIpc) is 2.69. The van der Waals surface area contributed by atoms with Crippen LogP contribution in [0.2, 0.25) is 0 Å². The number of hydrogen-bond acceptors (Lipinski definition) is 1. The molecule has 1 aliphatic rings. The Balaban J connectivity index is 2.03. The van der Waals surface area contributed by atoms with Crippen molar-refractivity contribution in [2.24, 2.45) is 5.92 Å². The molecular weight excluding hydrogens is 176 g/mol. The molecule has 0 saturated heterocycles. The summed E-state index contributed by atoms with van der Waals surface area (Å²) in [6, 6.07) is 2.07. The summed E-state index contributed by atoms with van der Waals surface area (Å²) in [6.07, 6.45) is 8.24. The van der Waals surface area contributed by atoms with Gasteiger partial charge in [-0.05, 0) is 30.7 Å². The zero-order chi connectivity index (χ0) is 8.93. The maximum absolute atomic E-state index is 3.29. The van der Waals surface area contributed by atoms with Gasteiger partial charge in [-0.1, -0.05) is 24.0 Å². The van der Waals surface area contributed by atoms with Crippen molar-refractivity contribution >= 4 is 11.3 Å². The molecule has 13 heavy (non-hydrogen) atoms. The summed E-state index contributed by atoms with van der Waals surface area (Å²) in [6.45, 7) is 0. The Hall–Kier alpha value is -1.00. The molecule has 1 aliphatic carbocycles. The lowest BCUT2D eigenvalue weighted by atomic mass is 9.96. The Bertz CT molecular complexity index is 335. The fourth-order valence-corrected chi connectivity index (χ4v) is 2.03. The fourth-order valence-electron chi connectivity index (χ4n) is 1.44. The molecule has 66 valence electrons. The minimum Gasteiger partial charge on any atom is -0.151 e. The minimum absolute atomic E-state index is 0.494. The number of thiophene rings is 1. The number of hydrogen-bond donors (Lipinski definition) is 0. The molecule has 0 fully saturated rings. The fraction of sp³-hybridized carbons (Fsp3) is 0.333. The topological polar surface area (TPSA) is 0 Å². The predicted molar refractivity (Wildman–Crippen MR) is 57.7 cm³/mol. The molecule has 1 heteroatoms. The Morgan fingerprint density at radius 1 is 1.46 bits per heavy atom. The lowest BCUT2D eigenvalue weighted by Gasteiger charge is -2.08. The van der Waals surface area contributed by atoms with Crippen LogP contribution in [0.15, 0.2) is 29.0 Å². The van der Waals surface area contributed by atoms with Crippen LogP contribution in [0.1, 0.15) is 24.8 Å². The zero-order valence-electron chi connectivity index (χ0n) is 7.49. The molecule has 1 heterocycles. The maximum Gasteiger partial charge on any atom is 0.0386 e. The Morgan fingerprint density at radius 2 is 2.46 bits per heavy atom. The van der Waals surface area contributed by atoms with E-state index in [4.69, 9.17) is 0 Å². The summed E-state index contributed by atoms with van der Waals surface area (Å²) < 4.78 is 0. The van der Waals surface area contributed by atoms with Crippen LogP contribution >= 0.6 is 11.3 Å². The first-order chi connectivity index (χ1) is 6.45. The van der Waals surface area contributed by atoms with Crippen molar-refractivity contribution in [2.75, 3.05) is 0 Å². The minimum atomic E-state index is 0.494. The Morgan fingerprint density at radius 3 is 3.15 bits per heavy atom. The summed E-state index contributed by atoms with van der Waals surface area (Å²) in [7, 11) is 0. The molecule has 0 radical (unpaired) electrons. The van der Waals surface area contributed by atoms with E-state index in [0.29, 0.717) is 5.92 Å². The lowest BCUT2D eigenvalue weighted by molar-refractivity contribution is 0.645. The van der Waals surface area contributed by atoms with Gasteiger partial charge in [0.1, 0.15) is 0 Å². The van der Waals surface area contributed by atoms with Gasteiger partial charge in [0, 0.05) is 16.9 Å². The molecule has 0 amide bonds. The van der Waals surface area contributed by atoms with E-state index in [1.54, 1.807) is 11.3 Å². The van der Waals surface area contributed by atoms with Gasteiger partial charge in [-0.15, -0.1) is 0 Å². The highest BCUT2D eigenvalue weighted by Gasteiger charge is 2.03. The van der Waals surface area contributed by atoms with Gasteiger partial charge in [-0.2, -0.15) is 11.3 Å². The van der Waals surface area contributed by atoms with E-state index in [0.717, 1.165) is 5.56 Å². The summed E-state index contributed by atoms with van der Waals surface area (Å²) in [5.74, 6) is 6.99. The van der Waals surface area contributed by atoms with E-state index in [1.165, 1.54) is 19.3 Å². The average molecular weight is 188 g/mol. The molecule has 0 N–H and O–H groups in total. The van der Waals surface area contributed by atoms with Crippen LogP contribution in [0.5, 0.6) is 0 Å². The Kier molecular flexibility index (Phi) is 2.84. The van der Waals surface area contributed by atoms with Crippen LogP contribution in [0, 0.1) is 17.8 Å². The second-order valence-corrected chi connectivity index (χ2v) is 4.03. The SMILES string of the molecule is C(#CC1C=CCCC1)c1ccsc1. The largest absolute Gasteiger partial charge is 0.151 e. The van der Waals surface area contributed by atoms with E-state index < -0.39 is 0 Å². The van der Waals surface area contributed by atoms with Crippen molar-refractivity contribution < 1.29 is 0 Å². The molecule has 0 aliphatic heterocycles. The molecule has 0 bridgehead atoms. The van der Waals surface area contributed by atoms with E-state index in [1.807, 2.05) is 0 Å². The van der Waals surface area contributed by atoms with Gasteiger partial charge in [0.25, 0.3) is 0 Å². The van der Waals surface area contributed by atoms with Gasteiger partial charge < -0.3 is 0 Å².